The Kier molecular flexibility index (Phi) is 7.03. The monoisotopic (exact) mass is 475 g/mol. The number of halogens is 1. The fraction of sp³-hybridized carbons (Fsp3) is 0.391. The van der Waals surface area contributed by atoms with E-state index >= 15 is 0 Å². The zero-order valence-corrected chi connectivity index (χ0v) is 19.7. The number of hydrogen-bond acceptors (Lipinski definition) is 6. The second-order valence-corrected chi connectivity index (χ2v) is 9.22. The average Bonchev–Trinajstić information content (AvgIpc) is 3.05. The van der Waals surface area contributed by atoms with Crippen molar-refractivity contribution >= 4 is 23.1 Å². The van der Waals surface area contributed by atoms with Crippen molar-refractivity contribution < 1.29 is 9.47 Å². The van der Waals surface area contributed by atoms with Gasteiger partial charge in [-0.3, -0.25) is 9.69 Å². The Hall–Kier alpha value is -2.55. The van der Waals surface area contributed by atoms with Gasteiger partial charge in [0.2, 0.25) is 0 Å². The number of ether oxygens (including phenoxy) is 2. The molecule has 2 heterocycles. The molecule has 0 fully saturated rings. The highest BCUT2D eigenvalue weighted by Crippen LogP contribution is 2.33. The van der Waals surface area contributed by atoms with Crippen LogP contribution in [0, 0.1) is 0 Å². The van der Waals surface area contributed by atoms with E-state index in [2.05, 4.69) is 11.0 Å². The minimum atomic E-state index is -0.263. The number of methoxy groups -OCH3 is 2. The van der Waals surface area contributed by atoms with Gasteiger partial charge in [0.15, 0.2) is 11.5 Å². The van der Waals surface area contributed by atoms with E-state index in [4.69, 9.17) is 21.1 Å². The lowest BCUT2D eigenvalue weighted by Gasteiger charge is -2.29. The number of aryl methyl sites for hydroxylation is 1. The second kappa shape index (κ2) is 9.94. The summed E-state index contributed by atoms with van der Waals surface area (Å²) < 4.78 is 13.7. The van der Waals surface area contributed by atoms with Gasteiger partial charge in [0, 0.05) is 42.7 Å². The number of aromatic nitrogens is 2. The minimum absolute atomic E-state index is 0.232. The largest absolute Gasteiger partial charge is 0.493 e. The Morgan fingerprint density at radius 3 is 2.50 bits per heavy atom. The zero-order chi connectivity index (χ0) is 22.7. The van der Waals surface area contributed by atoms with Crippen molar-refractivity contribution in [1.29, 1.82) is 0 Å². The van der Waals surface area contributed by atoms with Crippen molar-refractivity contribution in [3.05, 3.63) is 78.3 Å². The van der Waals surface area contributed by atoms with Gasteiger partial charge in [-0.15, -0.1) is 0 Å². The molecule has 0 amide bonds. The second-order valence-electron chi connectivity index (χ2n) is 7.81. The summed E-state index contributed by atoms with van der Waals surface area (Å²) in [6.07, 6.45) is 1.73. The normalized spacial score (nSPS) is 13.7. The molecular formula is C23H26ClN3O4S. The number of fused-ring (bicyclic) bond motifs is 1. The minimum Gasteiger partial charge on any atom is -0.493 e. The highest BCUT2D eigenvalue weighted by molar-refractivity contribution is 7.03. The lowest BCUT2D eigenvalue weighted by atomic mass is 9.98. The van der Waals surface area contributed by atoms with Gasteiger partial charge in [-0.05, 0) is 53.8 Å². The van der Waals surface area contributed by atoms with Crippen LogP contribution < -0.4 is 20.0 Å². The SMILES string of the molecule is COc1cc2c(cc1OC)CN(CCCn1sc(=O)n(Cc3cccc(Cl)c3)c1=O)CC2. The molecule has 0 aliphatic carbocycles. The first-order chi connectivity index (χ1) is 15.5. The van der Waals surface area contributed by atoms with E-state index in [1.54, 1.807) is 30.3 Å². The first kappa shape index (κ1) is 22.6. The lowest BCUT2D eigenvalue weighted by molar-refractivity contribution is 0.245. The summed E-state index contributed by atoms with van der Waals surface area (Å²) in [5.74, 6) is 1.50. The zero-order valence-electron chi connectivity index (χ0n) is 18.2. The molecule has 0 atom stereocenters. The van der Waals surface area contributed by atoms with E-state index < -0.39 is 0 Å². The Morgan fingerprint density at radius 2 is 1.78 bits per heavy atom. The van der Waals surface area contributed by atoms with Gasteiger partial charge in [-0.2, -0.15) is 0 Å². The van der Waals surface area contributed by atoms with E-state index in [-0.39, 0.29) is 17.1 Å². The number of benzene rings is 2. The van der Waals surface area contributed by atoms with Crippen LogP contribution in [0.15, 0.2) is 46.0 Å². The summed E-state index contributed by atoms with van der Waals surface area (Å²) in [6, 6.07) is 11.3. The Balaban J connectivity index is 1.37. The summed E-state index contributed by atoms with van der Waals surface area (Å²) in [6.45, 7) is 3.38. The molecule has 0 bridgehead atoms. The predicted molar refractivity (Wildman–Crippen MR) is 127 cm³/mol. The summed E-state index contributed by atoms with van der Waals surface area (Å²) in [5.41, 5.74) is 3.09. The van der Waals surface area contributed by atoms with Crippen molar-refractivity contribution in [2.24, 2.45) is 0 Å². The van der Waals surface area contributed by atoms with Crippen molar-refractivity contribution in [2.45, 2.75) is 32.5 Å². The molecular weight excluding hydrogens is 450 g/mol. The third-order valence-electron chi connectivity index (χ3n) is 5.72. The molecule has 0 saturated carbocycles. The van der Waals surface area contributed by atoms with E-state index in [9.17, 15) is 9.59 Å². The highest BCUT2D eigenvalue weighted by atomic mass is 35.5. The van der Waals surface area contributed by atoms with Crippen LogP contribution in [0.2, 0.25) is 5.02 Å². The molecule has 3 aromatic rings. The quantitative estimate of drug-likeness (QED) is 0.500. The predicted octanol–water partition coefficient (Wildman–Crippen LogP) is 3.24. The maximum atomic E-state index is 12.7. The molecule has 32 heavy (non-hydrogen) atoms. The standard InChI is InChI=1S/C23H26ClN3O4S/c1-30-20-12-17-7-10-25(15-18(17)13-21(20)31-2)8-4-9-27-22(28)26(23(29)32-27)14-16-5-3-6-19(24)11-16/h3,5-6,11-13H,4,7-10,14-15H2,1-2H3. The molecule has 1 aromatic heterocycles. The van der Waals surface area contributed by atoms with E-state index in [0.717, 1.165) is 61.1 Å². The molecule has 0 unspecified atom stereocenters. The van der Waals surface area contributed by atoms with Gasteiger partial charge < -0.3 is 9.47 Å². The van der Waals surface area contributed by atoms with Crippen LogP contribution in [0.3, 0.4) is 0 Å². The van der Waals surface area contributed by atoms with Crippen molar-refractivity contribution in [1.82, 2.24) is 13.4 Å². The average molecular weight is 476 g/mol. The van der Waals surface area contributed by atoms with Gasteiger partial charge in [-0.25, -0.2) is 13.3 Å². The van der Waals surface area contributed by atoms with Crippen LogP contribution in [0.25, 0.3) is 0 Å². The first-order valence-corrected chi connectivity index (χ1v) is 11.6. The van der Waals surface area contributed by atoms with Crippen molar-refractivity contribution in [3.63, 3.8) is 0 Å². The summed E-state index contributed by atoms with van der Waals surface area (Å²) >= 11 is 6.99. The summed E-state index contributed by atoms with van der Waals surface area (Å²) in [7, 11) is 3.30. The molecule has 1 aliphatic heterocycles. The maximum absolute atomic E-state index is 12.7. The van der Waals surface area contributed by atoms with Gasteiger partial charge in [-0.1, -0.05) is 23.7 Å². The molecule has 170 valence electrons. The van der Waals surface area contributed by atoms with Crippen LogP contribution in [-0.4, -0.2) is 40.7 Å². The lowest BCUT2D eigenvalue weighted by Crippen LogP contribution is -2.33. The Labute approximate surface area is 195 Å². The smallest absolute Gasteiger partial charge is 0.341 e. The Bertz CT molecular complexity index is 1220. The van der Waals surface area contributed by atoms with E-state index in [0.29, 0.717) is 11.6 Å². The fourth-order valence-electron chi connectivity index (χ4n) is 4.06. The van der Waals surface area contributed by atoms with E-state index in [1.165, 1.54) is 15.7 Å². The third-order valence-corrected chi connectivity index (χ3v) is 6.89. The summed E-state index contributed by atoms with van der Waals surface area (Å²) in [4.78, 5) is 27.2. The number of nitrogens with zero attached hydrogens (tertiary/aromatic N) is 3. The van der Waals surface area contributed by atoms with Gasteiger partial charge >= 0.3 is 10.6 Å². The molecule has 4 rings (SSSR count). The molecule has 7 nitrogen and oxygen atoms in total. The molecule has 0 spiro atoms. The van der Waals surface area contributed by atoms with Crippen molar-refractivity contribution in [3.8, 4) is 11.5 Å². The molecule has 1 aliphatic rings. The molecule has 2 aromatic carbocycles. The topological polar surface area (TPSA) is 65.7 Å². The number of hydrogen-bond donors (Lipinski definition) is 0. The summed E-state index contributed by atoms with van der Waals surface area (Å²) in [5, 5.41) is 0.588. The maximum Gasteiger partial charge on any atom is 0.341 e. The molecule has 0 radical (unpaired) electrons. The van der Waals surface area contributed by atoms with Gasteiger partial charge in [0.05, 0.1) is 20.8 Å². The van der Waals surface area contributed by atoms with Crippen LogP contribution in [-0.2, 0) is 26.1 Å². The number of rotatable bonds is 8. The van der Waals surface area contributed by atoms with Crippen molar-refractivity contribution in [2.75, 3.05) is 27.3 Å². The van der Waals surface area contributed by atoms with Crippen LogP contribution in [0.4, 0.5) is 0 Å². The van der Waals surface area contributed by atoms with Crippen LogP contribution in [0.1, 0.15) is 23.1 Å². The molecule has 0 N–H and O–H groups in total. The van der Waals surface area contributed by atoms with Gasteiger partial charge in [0.1, 0.15) is 0 Å². The first-order valence-electron chi connectivity index (χ1n) is 10.5. The third kappa shape index (κ3) is 4.92. The van der Waals surface area contributed by atoms with Crippen LogP contribution >= 0.6 is 23.1 Å². The molecule has 0 saturated heterocycles. The van der Waals surface area contributed by atoms with Crippen LogP contribution in [0.5, 0.6) is 11.5 Å². The van der Waals surface area contributed by atoms with E-state index in [1.807, 2.05) is 18.2 Å². The Morgan fingerprint density at radius 1 is 1.03 bits per heavy atom. The van der Waals surface area contributed by atoms with Gasteiger partial charge in [0.25, 0.3) is 0 Å². The fourth-order valence-corrected chi connectivity index (χ4v) is 5.10. The molecule has 9 heteroatoms. The highest BCUT2D eigenvalue weighted by Gasteiger charge is 2.19.